The Morgan fingerprint density at radius 1 is 1.39 bits per heavy atom. The van der Waals surface area contributed by atoms with Gasteiger partial charge in [0.1, 0.15) is 11.5 Å². The van der Waals surface area contributed by atoms with E-state index in [1.165, 1.54) is 6.39 Å². The summed E-state index contributed by atoms with van der Waals surface area (Å²) < 4.78 is 7.11. The second-order valence-corrected chi connectivity index (χ2v) is 4.12. The number of Topliss-reactive ketones (excluding diaryl/α,β-unsaturated/α-hetero) is 1. The van der Waals surface area contributed by atoms with E-state index in [1.54, 1.807) is 6.92 Å². The molecule has 0 aliphatic heterocycles. The van der Waals surface area contributed by atoms with Crippen LogP contribution in [-0.4, -0.2) is 20.5 Å². The monoisotopic (exact) mass is 241 g/mol. The average molecular weight is 241 g/mol. The third-order valence-corrected chi connectivity index (χ3v) is 2.77. The number of fused-ring (bicyclic) bond motifs is 1. The van der Waals surface area contributed by atoms with Crippen molar-refractivity contribution in [3.63, 3.8) is 0 Å². The Kier molecular flexibility index (Phi) is 2.44. The van der Waals surface area contributed by atoms with Gasteiger partial charge in [0.2, 0.25) is 6.39 Å². The summed E-state index contributed by atoms with van der Waals surface area (Å²) in [6.07, 6.45) is 1.28. The molecule has 3 rings (SSSR count). The van der Waals surface area contributed by atoms with Gasteiger partial charge in [0.15, 0.2) is 0 Å². The molecule has 3 aromatic rings. The zero-order valence-electron chi connectivity index (χ0n) is 9.83. The van der Waals surface area contributed by atoms with Crippen molar-refractivity contribution in [3.8, 4) is 11.6 Å². The molecule has 2 heterocycles. The fourth-order valence-corrected chi connectivity index (χ4v) is 2.07. The molecule has 0 aliphatic carbocycles. The van der Waals surface area contributed by atoms with Crippen LogP contribution in [0, 0.1) is 0 Å². The normalized spacial score (nSPS) is 10.9. The van der Waals surface area contributed by atoms with Crippen molar-refractivity contribution in [2.24, 2.45) is 0 Å². The van der Waals surface area contributed by atoms with Gasteiger partial charge in [-0.2, -0.15) is 0 Å². The highest BCUT2D eigenvalue weighted by Gasteiger charge is 2.14. The lowest BCUT2D eigenvalue weighted by Gasteiger charge is -2.05. The van der Waals surface area contributed by atoms with Gasteiger partial charge in [0.05, 0.1) is 6.54 Å². The van der Waals surface area contributed by atoms with Crippen LogP contribution in [0.15, 0.2) is 41.1 Å². The number of rotatable bonds is 3. The number of benzene rings is 1. The molecular formula is C13H11N3O2. The van der Waals surface area contributed by atoms with Crippen LogP contribution in [0.25, 0.3) is 22.5 Å². The number of aromatic nitrogens is 3. The summed E-state index contributed by atoms with van der Waals surface area (Å²) in [5.74, 6) is 0.504. The molecule has 0 atom stereocenters. The quantitative estimate of drug-likeness (QED) is 0.705. The molecule has 0 aliphatic rings. The topological polar surface area (TPSA) is 60.9 Å². The molecule has 0 N–H and O–H groups in total. The second-order valence-electron chi connectivity index (χ2n) is 4.12. The molecule has 0 bridgehead atoms. The van der Waals surface area contributed by atoms with Gasteiger partial charge < -0.3 is 8.98 Å². The first-order valence-corrected chi connectivity index (χ1v) is 5.60. The Balaban J connectivity index is 2.26. The van der Waals surface area contributed by atoms with E-state index in [2.05, 4.69) is 10.2 Å². The number of carbonyl (C=O) groups excluding carboxylic acids is 1. The third-order valence-electron chi connectivity index (χ3n) is 2.77. The minimum absolute atomic E-state index is 0.0807. The van der Waals surface area contributed by atoms with Gasteiger partial charge >= 0.3 is 0 Å². The van der Waals surface area contributed by atoms with Crippen molar-refractivity contribution in [2.75, 3.05) is 0 Å². The Morgan fingerprint density at radius 3 is 2.94 bits per heavy atom. The fraction of sp³-hybridized carbons (Fsp3) is 0.154. The zero-order valence-corrected chi connectivity index (χ0v) is 9.83. The molecule has 5 heteroatoms. The third kappa shape index (κ3) is 1.69. The van der Waals surface area contributed by atoms with Crippen molar-refractivity contribution >= 4 is 16.7 Å². The minimum atomic E-state index is 0.0807. The minimum Gasteiger partial charge on any atom is -0.422 e. The molecule has 0 saturated carbocycles. The van der Waals surface area contributed by atoms with Crippen molar-refractivity contribution in [2.45, 2.75) is 13.5 Å². The molecule has 0 radical (unpaired) electrons. The van der Waals surface area contributed by atoms with Crippen LogP contribution in [0.1, 0.15) is 6.92 Å². The molecule has 1 aromatic carbocycles. The van der Waals surface area contributed by atoms with Crippen LogP contribution in [-0.2, 0) is 11.3 Å². The van der Waals surface area contributed by atoms with Gasteiger partial charge in [-0.15, -0.1) is 10.2 Å². The van der Waals surface area contributed by atoms with Gasteiger partial charge in [-0.3, -0.25) is 4.79 Å². The Bertz CT molecular complexity index is 698. The summed E-state index contributed by atoms with van der Waals surface area (Å²) in [6.45, 7) is 1.86. The van der Waals surface area contributed by atoms with E-state index in [9.17, 15) is 4.79 Å². The molecular weight excluding hydrogens is 230 g/mol. The smallest absolute Gasteiger partial charge is 0.264 e. The van der Waals surface area contributed by atoms with Gasteiger partial charge in [0.25, 0.3) is 5.89 Å². The first-order chi connectivity index (χ1) is 8.75. The number of ketones is 1. The lowest BCUT2D eigenvalue weighted by atomic mass is 10.2. The van der Waals surface area contributed by atoms with Gasteiger partial charge in [-0.1, -0.05) is 18.2 Å². The highest BCUT2D eigenvalue weighted by atomic mass is 16.4. The first-order valence-electron chi connectivity index (χ1n) is 5.60. The fourth-order valence-electron chi connectivity index (χ4n) is 2.07. The van der Waals surface area contributed by atoms with E-state index in [0.717, 1.165) is 16.6 Å². The van der Waals surface area contributed by atoms with E-state index in [-0.39, 0.29) is 5.78 Å². The molecule has 0 amide bonds. The molecule has 0 spiro atoms. The number of nitrogens with zero attached hydrogens (tertiary/aromatic N) is 3. The summed E-state index contributed by atoms with van der Waals surface area (Å²) in [5, 5.41) is 8.62. The molecule has 18 heavy (non-hydrogen) atoms. The van der Waals surface area contributed by atoms with Crippen molar-refractivity contribution in [1.82, 2.24) is 14.8 Å². The van der Waals surface area contributed by atoms with Gasteiger partial charge in [0, 0.05) is 10.9 Å². The van der Waals surface area contributed by atoms with Crippen molar-refractivity contribution in [1.29, 1.82) is 0 Å². The maximum atomic E-state index is 11.4. The standard InChI is InChI=1S/C13H11N3O2/c1-9(17)7-16-11-5-3-2-4-10(11)6-12(16)13-15-14-8-18-13/h2-6,8H,7H2,1H3. The van der Waals surface area contributed by atoms with Gasteiger partial charge in [-0.05, 0) is 19.1 Å². The summed E-state index contributed by atoms with van der Waals surface area (Å²) in [6, 6.07) is 9.81. The van der Waals surface area contributed by atoms with Crippen LogP contribution >= 0.6 is 0 Å². The van der Waals surface area contributed by atoms with Crippen LogP contribution in [0.4, 0.5) is 0 Å². The van der Waals surface area contributed by atoms with E-state index < -0.39 is 0 Å². The lowest BCUT2D eigenvalue weighted by molar-refractivity contribution is -0.117. The Morgan fingerprint density at radius 2 is 2.22 bits per heavy atom. The van der Waals surface area contributed by atoms with Crippen LogP contribution in [0.2, 0.25) is 0 Å². The zero-order chi connectivity index (χ0) is 12.5. The second kappa shape index (κ2) is 4.10. The summed E-state index contributed by atoms with van der Waals surface area (Å²) in [4.78, 5) is 11.4. The summed E-state index contributed by atoms with van der Waals surface area (Å²) >= 11 is 0. The van der Waals surface area contributed by atoms with E-state index in [4.69, 9.17) is 4.42 Å². The van der Waals surface area contributed by atoms with Crippen LogP contribution in [0.5, 0.6) is 0 Å². The molecule has 90 valence electrons. The SMILES string of the molecule is CC(=O)Cn1c(-c2nnco2)cc2ccccc21. The van der Waals surface area contributed by atoms with Crippen molar-refractivity contribution in [3.05, 3.63) is 36.7 Å². The largest absolute Gasteiger partial charge is 0.422 e. The van der Waals surface area contributed by atoms with Crippen molar-refractivity contribution < 1.29 is 9.21 Å². The van der Waals surface area contributed by atoms with E-state index in [1.807, 2.05) is 34.9 Å². The predicted molar refractivity (Wildman–Crippen MR) is 65.9 cm³/mol. The summed E-state index contributed by atoms with van der Waals surface area (Å²) in [7, 11) is 0. The van der Waals surface area contributed by atoms with Gasteiger partial charge in [-0.25, -0.2) is 0 Å². The molecule has 0 fully saturated rings. The number of carbonyl (C=O) groups is 1. The van der Waals surface area contributed by atoms with E-state index in [0.29, 0.717) is 12.4 Å². The molecule has 2 aromatic heterocycles. The number of para-hydroxylation sites is 1. The van der Waals surface area contributed by atoms with Crippen LogP contribution < -0.4 is 0 Å². The highest BCUT2D eigenvalue weighted by molar-refractivity contribution is 5.88. The Hall–Kier alpha value is -2.43. The maximum absolute atomic E-state index is 11.4. The maximum Gasteiger partial charge on any atom is 0.264 e. The summed E-state index contributed by atoms with van der Waals surface area (Å²) in [5.41, 5.74) is 1.75. The van der Waals surface area contributed by atoms with E-state index >= 15 is 0 Å². The van der Waals surface area contributed by atoms with Crippen LogP contribution in [0.3, 0.4) is 0 Å². The molecule has 5 nitrogen and oxygen atoms in total. The molecule has 0 unspecified atom stereocenters. The highest BCUT2D eigenvalue weighted by Crippen LogP contribution is 2.26. The number of hydrogen-bond acceptors (Lipinski definition) is 4. The average Bonchev–Trinajstić information content (AvgIpc) is 2.96. The predicted octanol–water partition coefficient (Wildman–Crippen LogP) is 2.28. The first kappa shape index (κ1) is 10.7. The molecule has 0 saturated heterocycles. The Labute approximate surface area is 103 Å². The number of hydrogen-bond donors (Lipinski definition) is 0. The lowest BCUT2D eigenvalue weighted by Crippen LogP contribution is -2.07.